The zero-order valence-electron chi connectivity index (χ0n) is 10.1. The Balaban J connectivity index is 2.05. The van der Waals surface area contributed by atoms with Crippen LogP contribution in [-0.4, -0.2) is 37.6 Å². The van der Waals surface area contributed by atoms with Gasteiger partial charge in [-0.05, 0) is 18.7 Å². The van der Waals surface area contributed by atoms with Gasteiger partial charge in [0.25, 0.3) is 6.43 Å². The second-order valence-electron chi connectivity index (χ2n) is 4.32. The van der Waals surface area contributed by atoms with Gasteiger partial charge in [-0.25, -0.2) is 8.78 Å². The molecule has 0 atom stereocenters. The first-order valence-corrected chi connectivity index (χ1v) is 6.06. The molecule has 0 aliphatic carbocycles. The summed E-state index contributed by atoms with van der Waals surface area (Å²) in [5.41, 5.74) is 1.03. The highest BCUT2D eigenvalue weighted by atomic mass is 19.3. The summed E-state index contributed by atoms with van der Waals surface area (Å²) >= 11 is 0. The number of alkyl halides is 2. The van der Waals surface area contributed by atoms with Gasteiger partial charge in [0.2, 0.25) is 0 Å². The highest BCUT2D eigenvalue weighted by molar-refractivity contribution is 5.49. The Morgan fingerprint density at radius 2 is 1.88 bits per heavy atom. The average molecular weight is 240 g/mol. The second-order valence-corrected chi connectivity index (χ2v) is 4.32. The zero-order chi connectivity index (χ0) is 12.3. The number of halogens is 2. The van der Waals surface area contributed by atoms with Gasteiger partial charge in [-0.2, -0.15) is 0 Å². The van der Waals surface area contributed by atoms with Crippen molar-refractivity contribution < 1.29 is 8.78 Å². The monoisotopic (exact) mass is 240 g/mol. The number of likely N-dealkylation sites (N-methyl/N-ethyl adjacent to an activating group) is 1. The number of benzene rings is 1. The second kappa shape index (κ2) is 5.45. The van der Waals surface area contributed by atoms with Crippen molar-refractivity contribution in [3.05, 3.63) is 29.8 Å². The van der Waals surface area contributed by atoms with Gasteiger partial charge in [0.15, 0.2) is 0 Å². The normalized spacial score (nSPS) is 17.8. The largest absolute Gasteiger partial charge is 0.369 e. The van der Waals surface area contributed by atoms with Crippen LogP contribution in [0.5, 0.6) is 0 Å². The van der Waals surface area contributed by atoms with Gasteiger partial charge in [-0.15, -0.1) is 0 Å². The molecule has 0 spiro atoms. The maximum atomic E-state index is 12.6. The topological polar surface area (TPSA) is 6.48 Å². The first-order chi connectivity index (χ1) is 8.20. The van der Waals surface area contributed by atoms with Gasteiger partial charge in [0, 0.05) is 37.4 Å². The zero-order valence-corrected chi connectivity index (χ0v) is 10.1. The third-order valence-electron chi connectivity index (χ3n) is 3.31. The van der Waals surface area contributed by atoms with Crippen LogP contribution in [-0.2, 0) is 0 Å². The number of hydrogen-bond acceptors (Lipinski definition) is 2. The van der Waals surface area contributed by atoms with Crippen LogP contribution < -0.4 is 4.90 Å². The Kier molecular flexibility index (Phi) is 3.94. The Labute approximate surface area is 101 Å². The lowest BCUT2D eigenvalue weighted by atomic mass is 10.1. The average Bonchev–Trinajstić information content (AvgIpc) is 2.39. The summed E-state index contributed by atoms with van der Waals surface area (Å²) in [6.45, 7) is 7.06. The maximum absolute atomic E-state index is 12.6. The van der Waals surface area contributed by atoms with Crippen molar-refractivity contribution in [1.82, 2.24) is 4.90 Å². The van der Waals surface area contributed by atoms with E-state index in [9.17, 15) is 8.78 Å². The standard InChI is InChI=1S/C13H18F2N2/c1-2-16-6-8-17(9-7-16)12-5-3-4-11(10-12)13(14)15/h3-5,10,13H,2,6-9H2,1H3. The van der Waals surface area contributed by atoms with Crippen molar-refractivity contribution in [2.75, 3.05) is 37.6 Å². The van der Waals surface area contributed by atoms with Crippen LogP contribution in [0.1, 0.15) is 18.9 Å². The Bertz CT molecular complexity index is 360. The lowest BCUT2D eigenvalue weighted by molar-refractivity contribution is 0.151. The minimum atomic E-state index is -2.38. The molecule has 2 nitrogen and oxygen atoms in total. The molecule has 1 aromatic rings. The molecule has 4 heteroatoms. The lowest BCUT2D eigenvalue weighted by Crippen LogP contribution is -2.46. The predicted octanol–water partition coefficient (Wildman–Crippen LogP) is 2.77. The number of rotatable bonds is 3. The van der Waals surface area contributed by atoms with E-state index < -0.39 is 6.43 Å². The van der Waals surface area contributed by atoms with Crippen molar-refractivity contribution in [1.29, 1.82) is 0 Å². The summed E-state index contributed by atoms with van der Waals surface area (Å²) < 4.78 is 25.2. The van der Waals surface area contributed by atoms with Gasteiger partial charge >= 0.3 is 0 Å². The highest BCUT2D eigenvalue weighted by Crippen LogP contribution is 2.24. The molecule has 1 aromatic carbocycles. The van der Waals surface area contributed by atoms with E-state index in [2.05, 4.69) is 16.7 Å². The molecule has 1 fully saturated rings. The molecular weight excluding hydrogens is 222 g/mol. The van der Waals surface area contributed by atoms with Gasteiger partial charge in [-0.3, -0.25) is 0 Å². The van der Waals surface area contributed by atoms with Crippen LogP contribution >= 0.6 is 0 Å². The van der Waals surface area contributed by atoms with Crippen LogP contribution in [0, 0.1) is 0 Å². The van der Waals surface area contributed by atoms with E-state index in [-0.39, 0.29) is 5.56 Å². The van der Waals surface area contributed by atoms with E-state index in [1.165, 1.54) is 6.07 Å². The molecule has 0 bridgehead atoms. The first kappa shape index (κ1) is 12.3. The number of nitrogens with zero attached hydrogens (tertiary/aromatic N) is 2. The maximum Gasteiger partial charge on any atom is 0.263 e. The lowest BCUT2D eigenvalue weighted by Gasteiger charge is -2.35. The SMILES string of the molecule is CCN1CCN(c2cccc(C(F)F)c2)CC1. The summed E-state index contributed by atoms with van der Waals surface area (Å²) in [5.74, 6) is 0. The van der Waals surface area contributed by atoms with E-state index >= 15 is 0 Å². The van der Waals surface area contributed by atoms with Crippen molar-refractivity contribution in [2.45, 2.75) is 13.3 Å². The fourth-order valence-electron chi connectivity index (χ4n) is 2.18. The van der Waals surface area contributed by atoms with E-state index in [4.69, 9.17) is 0 Å². The molecule has 0 aromatic heterocycles. The summed E-state index contributed by atoms with van der Waals surface area (Å²) in [6.07, 6.45) is -2.38. The van der Waals surface area contributed by atoms with Crippen molar-refractivity contribution >= 4 is 5.69 Å². The van der Waals surface area contributed by atoms with Crippen molar-refractivity contribution in [2.24, 2.45) is 0 Å². The molecule has 0 radical (unpaired) electrons. The molecule has 1 heterocycles. The highest BCUT2D eigenvalue weighted by Gasteiger charge is 2.17. The molecule has 94 valence electrons. The van der Waals surface area contributed by atoms with Gasteiger partial charge in [0.1, 0.15) is 0 Å². The number of hydrogen-bond donors (Lipinski definition) is 0. The van der Waals surface area contributed by atoms with Crippen LogP contribution in [0.2, 0.25) is 0 Å². The molecule has 0 unspecified atom stereocenters. The van der Waals surface area contributed by atoms with Crippen LogP contribution in [0.25, 0.3) is 0 Å². The predicted molar refractivity (Wildman–Crippen MR) is 65.7 cm³/mol. The number of anilines is 1. The quantitative estimate of drug-likeness (QED) is 0.801. The molecule has 0 N–H and O–H groups in total. The summed E-state index contributed by atoms with van der Waals surface area (Å²) in [5, 5.41) is 0. The van der Waals surface area contributed by atoms with Crippen molar-refractivity contribution in [3.8, 4) is 0 Å². The molecule has 1 aliphatic heterocycles. The third kappa shape index (κ3) is 2.94. The van der Waals surface area contributed by atoms with Crippen molar-refractivity contribution in [3.63, 3.8) is 0 Å². The fourth-order valence-corrected chi connectivity index (χ4v) is 2.18. The summed E-state index contributed by atoms with van der Waals surface area (Å²) in [6, 6.07) is 6.71. The molecular formula is C13H18F2N2. The van der Waals surface area contributed by atoms with Gasteiger partial charge < -0.3 is 9.80 Å². The third-order valence-corrected chi connectivity index (χ3v) is 3.31. The number of piperazine rings is 1. The summed E-state index contributed by atoms with van der Waals surface area (Å²) in [7, 11) is 0. The Hall–Kier alpha value is -1.16. The van der Waals surface area contributed by atoms with Crippen LogP contribution in [0.15, 0.2) is 24.3 Å². The Morgan fingerprint density at radius 1 is 1.18 bits per heavy atom. The smallest absolute Gasteiger partial charge is 0.263 e. The van der Waals surface area contributed by atoms with Crippen LogP contribution in [0.4, 0.5) is 14.5 Å². The van der Waals surface area contributed by atoms with E-state index in [1.807, 2.05) is 6.07 Å². The van der Waals surface area contributed by atoms with E-state index in [0.29, 0.717) is 0 Å². The molecule has 1 saturated heterocycles. The Morgan fingerprint density at radius 3 is 2.47 bits per heavy atom. The molecule has 0 amide bonds. The first-order valence-electron chi connectivity index (χ1n) is 6.06. The van der Waals surface area contributed by atoms with E-state index in [1.54, 1.807) is 12.1 Å². The van der Waals surface area contributed by atoms with Gasteiger partial charge in [0.05, 0.1) is 0 Å². The molecule has 0 saturated carbocycles. The minimum absolute atomic E-state index is 0.112. The molecule has 17 heavy (non-hydrogen) atoms. The molecule has 2 rings (SSSR count). The van der Waals surface area contributed by atoms with E-state index in [0.717, 1.165) is 38.4 Å². The molecule has 1 aliphatic rings. The fraction of sp³-hybridized carbons (Fsp3) is 0.538. The summed E-state index contributed by atoms with van der Waals surface area (Å²) in [4.78, 5) is 4.55. The van der Waals surface area contributed by atoms with Gasteiger partial charge in [-0.1, -0.05) is 19.1 Å². The van der Waals surface area contributed by atoms with Crippen LogP contribution in [0.3, 0.4) is 0 Å². The minimum Gasteiger partial charge on any atom is -0.369 e.